The highest BCUT2D eigenvalue weighted by Crippen LogP contribution is 2.19. The van der Waals surface area contributed by atoms with Gasteiger partial charge in [0.1, 0.15) is 0 Å². The molecule has 0 saturated heterocycles. The molecule has 0 bridgehead atoms. The number of rotatable bonds is 6. The lowest BCUT2D eigenvalue weighted by molar-refractivity contribution is 0.492. The van der Waals surface area contributed by atoms with Crippen LogP contribution in [-0.4, -0.2) is 9.13 Å². The van der Waals surface area contributed by atoms with Crippen LogP contribution in [0.25, 0.3) is 0 Å². The number of aryl methyl sites for hydroxylation is 2. The molecule has 0 atom stereocenters. The van der Waals surface area contributed by atoms with Crippen molar-refractivity contribution in [2.75, 3.05) is 0 Å². The molecule has 2 heteroatoms. The van der Waals surface area contributed by atoms with Crippen molar-refractivity contribution in [2.45, 2.75) is 61.1 Å². The van der Waals surface area contributed by atoms with Gasteiger partial charge in [-0.05, 0) is 49.9 Å². The molecule has 116 valence electrons. The third kappa shape index (κ3) is 3.81. The first kappa shape index (κ1) is 15.9. The molecule has 0 aliphatic heterocycles. The van der Waals surface area contributed by atoms with Gasteiger partial charge in [0.2, 0.25) is 0 Å². The van der Waals surface area contributed by atoms with E-state index < -0.39 is 0 Å². The molecule has 2 rings (SSSR count). The maximum absolute atomic E-state index is 2.48. The summed E-state index contributed by atoms with van der Waals surface area (Å²) in [6, 6.07) is 9.08. The molecule has 0 saturated carbocycles. The summed E-state index contributed by atoms with van der Waals surface area (Å²) in [5.41, 5.74) is 5.61. The summed E-state index contributed by atoms with van der Waals surface area (Å²) in [5, 5.41) is 0. The Labute approximate surface area is 129 Å². The van der Waals surface area contributed by atoms with E-state index >= 15 is 0 Å². The van der Waals surface area contributed by atoms with Crippen LogP contribution >= 0.6 is 0 Å². The first-order chi connectivity index (χ1) is 9.88. The highest BCUT2D eigenvalue weighted by atomic mass is 15.0. The lowest BCUT2D eigenvalue weighted by Gasteiger charge is -2.17. The summed E-state index contributed by atoms with van der Waals surface area (Å²) >= 11 is 0. The second-order valence-corrected chi connectivity index (χ2v) is 7.12. The van der Waals surface area contributed by atoms with Crippen LogP contribution in [0, 0.1) is 25.7 Å². The maximum atomic E-state index is 2.48. The van der Waals surface area contributed by atoms with Crippen molar-refractivity contribution >= 4 is 0 Å². The van der Waals surface area contributed by atoms with Gasteiger partial charge in [0.15, 0.2) is 0 Å². The molecule has 0 radical (unpaired) electrons. The third-order valence-electron chi connectivity index (χ3n) is 4.04. The van der Waals surface area contributed by atoms with E-state index in [9.17, 15) is 0 Å². The Hall–Kier alpha value is -1.44. The molecule has 2 aromatic heterocycles. The maximum Gasteiger partial charge on any atom is 0.0282 e. The highest BCUT2D eigenvalue weighted by Gasteiger charge is 2.12. The molecule has 0 aromatic carbocycles. The largest absolute Gasteiger partial charge is 0.348 e. The highest BCUT2D eigenvalue weighted by molar-refractivity contribution is 5.24. The van der Waals surface area contributed by atoms with E-state index in [4.69, 9.17) is 0 Å². The molecule has 0 spiro atoms. The van der Waals surface area contributed by atoms with E-state index in [2.05, 4.69) is 74.9 Å². The van der Waals surface area contributed by atoms with E-state index in [0.29, 0.717) is 11.8 Å². The van der Waals surface area contributed by atoms with Gasteiger partial charge in [-0.3, -0.25) is 0 Å². The predicted octanol–water partition coefficient (Wildman–Crippen LogP) is 4.81. The predicted molar refractivity (Wildman–Crippen MR) is 90.8 cm³/mol. The number of aromatic nitrogens is 2. The van der Waals surface area contributed by atoms with Crippen LogP contribution in [0.2, 0.25) is 0 Å². The van der Waals surface area contributed by atoms with Crippen molar-refractivity contribution in [2.24, 2.45) is 11.8 Å². The molecule has 2 nitrogen and oxygen atoms in total. The van der Waals surface area contributed by atoms with E-state index in [1.54, 1.807) is 0 Å². The monoisotopic (exact) mass is 286 g/mol. The lowest BCUT2D eigenvalue weighted by atomic mass is 10.2. The fourth-order valence-corrected chi connectivity index (χ4v) is 2.99. The molecule has 0 aliphatic carbocycles. The third-order valence-corrected chi connectivity index (χ3v) is 4.04. The van der Waals surface area contributed by atoms with E-state index in [-0.39, 0.29) is 0 Å². The fraction of sp³-hybridized carbons (Fsp3) is 0.579. The van der Waals surface area contributed by atoms with Crippen LogP contribution in [0.15, 0.2) is 24.3 Å². The van der Waals surface area contributed by atoms with Gasteiger partial charge in [-0.15, -0.1) is 0 Å². The Balaban J connectivity index is 2.27. The summed E-state index contributed by atoms with van der Waals surface area (Å²) in [6.45, 7) is 15.8. The van der Waals surface area contributed by atoms with Gasteiger partial charge in [0, 0.05) is 42.3 Å². The molecular formula is C19H30N2. The molecule has 21 heavy (non-hydrogen) atoms. The van der Waals surface area contributed by atoms with Crippen LogP contribution in [0.4, 0.5) is 0 Å². The average Bonchev–Trinajstić information content (AvgIpc) is 2.88. The smallest absolute Gasteiger partial charge is 0.0282 e. The van der Waals surface area contributed by atoms with Gasteiger partial charge >= 0.3 is 0 Å². The van der Waals surface area contributed by atoms with E-state index in [1.807, 2.05) is 0 Å². The summed E-state index contributed by atoms with van der Waals surface area (Å²) in [4.78, 5) is 0. The van der Waals surface area contributed by atoms with Crippen molar-refractivity contribution in [1.29, 1.82) is 0 Å². The van der Waals surface area contributed by atoms with Crippen LogP contribution in [0.3, 0.4) is 0 Å². The van der Waals surface area contributed by atoms with E-state index in [1.165, 1.54) is 22.8 Å². The topological polar surface area (TPSA) is 9.86 Å². The first-order valence-electron chi connectivity index (χ1n) is 8.18. The SMILES string of the molecule is Cc1ccc(Cc2ccc(C)n2CC(C)C)n1CC(C)C. The zero-order valence-corrected chi connectivity index (χ0v) is 14.5. The Kier molecular flexibility index (Phi) is 4.97. The summed E-state index contributed by atoms with van der Waals surface area (Å²) in [5.74, 6) is 1.36. The summed E-state index contributed by atoms with van der Waals surface area (Å²) in [7, 11) is 0. The minimum Gasteiger partial charge on any atom is -0.348 e. The fourth-order valence-electron chi connectivity index (χ4n) is 2.99. The minimum atomic E-state index is 0.680. The number of hydrogen-bond donors (Lipinski definition) is 0. The molecule has 0 aliphatic rings. The average molecular weight is 286 g/mol. The summed E-state index contributed by atoms with van der Waals surface area (Å²) < 4.78 is 4.96. The molecule has 2 heterocycles. The second-order valence-electron chi connectivity index (χ2n) is 7.12. The van der Waals surface area contributed by atoms with Gasteiger partial charge < -0.3 is 9.13 Å². The summed E-state index contributed by atoms with van der Waals surface area (Å²) in [6.07, 6.45) is 1.03. The molecule has 2 aromatic rings. The van der Waals surface area contributed by atoms with Crippen molar-refractivity contribution in [3.05, 3.63) is 47.0 Å². The Morgan fingerprint density at radius 2 is 1.10 bits per heavy atom. The normalized spacial score (nSPS) is 11.8. The van der Waals surface area contributed by atoms with Gasteiger partial charge in [-0.1, -0.05) is 27.7 Å². The Morgan fingerprint density at radius 1 is 0.714 bits per heavy atom. The number of hydrogen-bond acceptors (Lipinski definition) is 0. The Bertz CT molecular complexity index is 532. The Morgan fingerprint density at radius 3 is 1.43 bits per heavy atom. The van der Waals surface area contributed by atoms with Crippen molar-refractivity contribution in [1.82, 2.24) is 9.13 Å². The van der Waals surface area contributed by atoms with E-state index in [0.717, 1.165) is 19.5 Å². The van der Waals surface area contributed by atoms with Crippen LogP contribution < -0.4 is 0 Å². The quantitative estimate of drug-likeness (QED) is 0.721. The van der Waals surface area contributed by atoms with Crippen molar-refractivity contribution in [3.63, 3.8) is 0 Å². The van der Waals surface area contributed by atoms with Crippen molar-refractivity contribution < 1.29 is 0 Å². The minimum absolute atomic E-state index is 0.680. The zero-order valence-electron chi connectivity index (χ0n) is 14.5. The van der Waals surface area contributed by atoms with Crippen LogP contribution in [0.5, 0.6) is 0 Å². The van der Waals surface area contributed by atoms with Crippen LogP contribution in [0.1, 0.15) is 50.5 Å². The standard InChI is InChI=1S/C19H30N2/c1-14(2)12-20-16(5)7-9-18(20)11-19-10-8-17(6)21(19)13-15(3)4/h7-10,14-15H,11-13H2,1-6H3. The van der Waals surface area contributed by atoms with Gasteiger partial charge in [0.25, 0.3) is 0 Å². The molecule has 0 unspecified atom stereocenters. The molecule has 0 amide bonds. The zero-order chi connectivity index (χ0) is 15.6. The molecular weight excluding hydrogens is 256 g/mol. The number of nitrogens with zero attached hydrogens (tertiary/aromatic N) is 2. The van der Waals surface area contributed by atoms with Crippen LogP contribution in [-0.2, 0) is 19.5 Å². The second kappa shape index (κ2) is 6.55. The molecule has 0 N–H and O–H groups in total. The van der Waals surface area contributed by atoms with Gasteiger partial charge in [-0.2, -0.15) is 0 Å². The van der Waals surface area contributed by atoms with Gasteiger partial charge in [-0.25, -0.2) is 0 Å². The van der Waals surface area contributed by atoms with Crippen molar-refractivity contribution in [3.8, 4) is 0 Å². The van der Waals surface area contributed by atoms with Gasteiger partial charge in [0.05, 0.1) is 0 Å². The molecule has 0 fully saturated rings. The first-order valence-corrected chi connectivity index (χ1v) is 8.18. The lowest BCUT2D eigenvalue weighted by Crippen LogP contribution is -2.13.